The summed E-state index contributed by atoms with van der Waals surface area (Å²) in [6, 6.07) is 0. The van der Waals surface area contributed by atoms with Gasteiger partial charge >= 0.3 is 0 Å². The molecular formula is C11H21NO. The van der Waals surface area contributed by atoms with Crippen molar-refractivity contribution in [3.63, 3.8) is 0 Å². The zero-order chi connectivity index (χ0) is 10.5. The molecule has 76 valence electrons. The van der Waals surface area contributed by atoms with E-state index in [4.69, 9.17) is 0 Å². The Bertz CT molecular complexity index is 198. The maximum Gasteiger partial charge on any atom is 0.216 e. The van der Waals surface area contributed by atoms with Crippen molar-refractivity contribution < 1.29 is 4.79 Å². The highest BCUT2D eigenvalue weighted by molar-refractivity contribution is 5.72. The molecule has 0 aliphatic rings. The minimum absolute atomic E-state index is 0.0418. The molecule has 0 aromatic heterocycles. The van der Waals surface area contributed by atoms with Crippen molar-refractivity contribution >= 4 is 5.91 Å². The van der Waals surface area contributed by atoms with Crippen LogP contribution in [0.4, 0.5) is 0 Å². The van der Waals surface area contributed by atoms with Crippen molar-refractivity contribution in [1.82, 2.24) is 5.32 Å². The van der Waals surface area contributed by atoms with Gasteiger partial charge in [-0.15, -0.1) is 0 Å². The number of carbonyl (C=O) groups is 1. The van der Waals surface area contributed by atoms with Crippen molar-refractivity contribution in [3.05, 3.63) is 12.2 Å². The topological polar surface area (TPSA) is 29.1 Å². The SMILES string of the molecule is C=C(C)C(C)(CC)CCNC(C)=O. The summed E-state index contributed by atoms with van der Waals surface area (Å²) in [4.78, 5) is 10.7. The molecule has 0 fully saturated rings. The Kier molecular flexibility index (Phi) is 4.74. The first-order valence-corrected chi connectivity index (χ1v) is 4.83. The van der Waals surface area contributed by atoms with Crippen LogP contribution in [0.3, 0.4) is 0 Å². The minimum atomic E-state index is 0.0418. The molecule has 0 spiro atoms. The summed E-state index contributed by atoms with van der Waals surface area (Å²) in [5.41, 5.74) is 1.36. The highest BCUT2D eigenvalue weighted by atomic mass is 16.1. The van der Waals surface area contributed by atoms with Crippen LogP contribution in [0.2, 0.25) is 0 Å². The van der Waals surface area contributed by atoms with E-state index in [1.54, 1.807) is 6.92 Å². The monoisotopic (exact) mass is 183 g/mol. The van der Waals surface area contributed by atoms with E-state index in [-0.39, 0.29) is 11.3 Å². The first-order valence-electron chi connectivity index (χ1n) is 4.83. The van der Waals surface area contributed by atoms with Crippen LogP contribution in [0, 0.1) is 5.41 Å². The quantitative estimate of drug-likeness (QED) is 0.652. The summed E-state index contributed by atoms with van der Waals surface area (Å²) in [7, 11) is 0. The fourth-order valence-electron chi connectivity index (χ4n) is 1.21. The van der Waals surface area contributed by atoms with Gasteiger partial charge in [0, 0.05) is 13.5 Å². The Labute approximate surface area is 81.4 Å². The standard InChI is InChI=1S/C11H21NO/c1-6-11(5,9(2)3)7-8-12-10(4)13/h2,6-8H2,1,3-5H3,(H,12,13). The molecule has 0 saturated heterocycles. The first kappa shape index (κ1) is 12.2. The van der Waals surface area contributed by atoms with E-state index in [1.807, 2.05) is 0 Å². The number of allylic oxidation sites excluding steroid dienone is 1. The molecule has 1 unspecified atom stereocenters. The van der Waals surface area contributed by atoms with Gasteiger partial charge in [-0.05, 0) is 25.2 Å². The Morgan fingerprint density at radius 1 is 1.46 bits per heavy atom. The lowest BCUT2D eigenvalue weighted by Gasteiger charge is -2.28. The maximum atomic E-state index is 10.7. The highest BCUT2D eigenvalue weighted by Crippen LogP contribution is 2.32. The van der Waals surface area contributed by atoms with Crippen molar-refractivity contribution in [2.24, 2.45) is 5.41 Å². The molecule has 1 atom stereocenters. The van der Waals surface area contributed by atoms with Crippen LogP contribution in [-0.4, -0.2) is 12.5 Å². The van der Waals surface area contributed by atoms with E-state index in [1.165, 1.54) is 5.57 Å². The van der Waals surface area contributed by atoms with E-state index in [0.29, 0.717) is 0 Å². The van der Waals surface area contributed by atoms with Crippen LogP contribution in [0.15, 0.2) is 12.2 Å². The van der Waals surface area contributed by atoms with E-state index in [9.17, 15) is 4.79 Å². The second-order valence-electron chi connectivity index (χ2n) is 3.93. The summed E-state index contributed by atoms with van der Waals surface area (Å²) in [6.45, 7) is 12.7. The normalized spacial score (nSPS) is 14.8. The Morgan fingerprint density at radius 3 is 2.31 bits per heavy atom. The molecule has 0 rings (SSSR count). The molecular weight excluding hydrogens is 162 g/mol. The van der Waals surface area contributed by atoms with E-state index in [0.717, 1.165) is 19.4 Å². The van der Waals surface area contributed by atoms with Crippen LogP contribution >= 0.6 is 0 Å². The minimum Gasteiger partial charge on any atom is -0.356 e. The largest absolute Gasteiger partial charge is 0.356 e. The van der Waals surface area contributed by atoms with Gasteiger partial charge in [0.1, 0.15) is 0 Å². The number of carbonyl (C=O) groups excluding carboxylic acids is 1. The number of hydrogen-bond donors (Lipinski definition) is 1. The fourth-order valence-corrected chi connectivity index (χ4v) is 1.21. The Balaban J connectivity index is 3.98. The third-order valence-electron chi connectivity index (χ3n) is 2.86. The van der Waals surface area contributed by atoms with Crippen LogP contribution in [0.25, 0.3) is 0 Å². The van der Waals surface area contributed by atoms with Crippen molar-refractivity contribution in [1.29, 1.82) is 0 Å². The lowest BCUT2D eigenvalue weighted by Crippen LogP contribution is -2.27. The van der Waals surface area contributed by atoms with Crippen molar-refractivity contribution in [2.45, 2.75) is 40.5 Å². The van der Waals surface area contributed by atoms with Crippen LogP contribution < -0.4 is 5.32 Å². The smallest absolute Gasteiger partial charge is 0.216 e. The zero-order valence-electron chi connectivity index (χ0n) is 9.24. The molecule has 1 amide bonds. The predicted octanol–water partition coefficient (Wildman–Crippen LogP) is 2.51. The molecule has 0 saturated carbocycles. The summed E-state index contributed by atoms with van der Waals surface area (Å²) in [5.74, 6) is 0.0418. The molecule has 0 radical (unpaired) electrons. The van der Waals surface area contributed by atoms with Gasteiger partial charge in [-0.2, -0.15) is 0 Å². The van der Waals surface area contributed by atoms with E-state index < -0.39 is 0 Å². The van der Waals surface area contributed by atoms with Gasteiger partial charge in [-0.3, -0.25) is 4.79 Å². The van der Waals surface area contributed by atoms with Gasteiger partial charge in [0.05, 0.1) is 0 Å². The summed E-state index contributed by atoms with van der Waals surface area (Å²) < 4.78 is 0. The fraction of sp³-hybridized carbons (Fsp3) is 0.727. The number of rotatable bonds is 5. The molecule has 2 heteroatoms. The summed E-state index contributed by atoms with van der Waals surface area (Å²) >= 11 is 0. The molecule has 0 aromatic rings. The van der Waals surface area contributed by atoms with Crippen molar-refractivity contribution in [2.75, 3.05) is 6.54 Å². The lowest BCUT2D eigenvalue weighted by atomic mass is 9.78. The maximum absolute atomic E-state index is 10.7. The Hall–Kier alpha value is -0.790. The summed E-state index contributed by atoms with van der Waals surface area (Å²) in [6.07, 6.45) is 2.04. The van der Waals surface area contributed by atoms with E-state index in [2.05, 4.69) is 32.7 Å². The number of hydrogen-bond acceptors (Lipinski definition) is 1. The van der Waals surface area contributed by atoms with Gasteiger partial charge < -0.3 is 5.32 Å². The van der Waals surface area contributed by atoms with E-state index >= 15 is 0 Å². The van der Waals surface area contributed by atoms with Gasteiger partial charge in [0.2, 0.25) is 5.91 Å². The number of nitrogens with one attached hydrogen (secondary N) is 1. The molecule has 0 aromatic carbocycles. The van der Waals surface area contributed by atoms with Crippen LogP contribution in [0.5, 0.6) is 0 Å². The Morgan fingerprint density at radius 2 is 2.00 bits per heavy atom. The molecule has 13 heavy (non-hydrogen) atoms. The molecule has 0 aliphatic heterocycles. The average Bonchev–Trinajstić information content (AvgIpc) is 2.03. The molecule has 2 nitrogen and oxygen atoms in total. The van der Waals surface area contributed by atoms with Gasteiger partial charge in [0.25, 0.3) is 0 Å². The third-order valence-corrected chi connectivity index (χ3v) is 2.86. The molecule has 0 aliphatic carbocycles. The summed E-state index contributed by atoms with van der Waals surface area (Å²) in [5, 5.41) is 2.81. The van der Waals surface area contributed by atoms with Crippen LogP contribution in [-0.2, 0) is 4.79 Å². The first-order chi connectivity index (χ1) is 5.92. The predicted molar refractivity (Wildman–Crippen MR) is 56.5 cm³/mol. The lowest BCUT2D eigenvalue weighted by molar-refractivity contribution is -0.119. The van der Waals surface area contributed by atoms with Gasteiger partial charge in [-0.1, -0.05) is 26.0 Å². The second kappa shape index (κ2) is 5.05. The van der Waals surface area contributed by atoms with Crippen LogP contribution in [0.1, 0.15) is 40.5 Å². The molecule has 1 N–H and O–H groups in total. The van der Waals surface area contributed by atoms with Gasteiger partial charge in [-0.25, -0.2) is 0 Å². The van der Waals surface area contributed by atoms with Crippen molar-refractivity contribution in [3.8, 4) is 0 Å². The second-order valence-corrected chi connectivity index (χ2v) is 3.93. The average molecular weight is 183 g/mol. The van der Waals surface area contributed by atoms with Gasteiger partial charge in [0.15, 0.2) is 0 Å². The molecule has 0 bridgehead atoms. The highest BCUT2D eigenvalue weighted by Gasteiger charge is 2.22. The third kappa shape index (κ3) is 4.11. The number of amides is 1. The molecule has 0 heterocycles. The zero-order valence-corrected chi connectivity index (χ0v) is 9.24.